The molecule has 0 aliphatic carbocycles. The average molecular weight is 449 g/mol. The molecule has 2 nitrogen and oxygen atoms in total. The first-order valence-electron chi connectivity index (χ1n) is 11.8. The third kappa shape index (κ3) is 5.10. The highest BCUT2D eigenvalue weighted by Gasteiger charge is 2.38. The maximum absolute atomic E-state index is 12.7. The molecule has 0 atom stereocenters. The van der Waals surface area contributed by atoms with Gasteiger partial charge in [-0.15, -0.1) is 0 Å². The molecule has 0 radical (unpaired) electrons. The summed E-state index contributed by atoms with van der Waals surface area (Å²) in [5.41, 5.74) is 4.04. The Morgan fingerprint density at radius 3 is 1.53 bits per heavy atom. The normalized spacial score (nSPS) is 11.9. The van der Waals surface area contributed by atoms with Gasteiger partial charge in [-0.3, -0.25) is 4.79 Å². The summed E-state index contributed by atoms with van der Waals surface area (Å²) in [6, 6.07) is 25.5. The van der Waals surface area contributed by atoms with Crippen LogP contribution in [0.4, 0.5) is 0 Å². The van der Waals surface area contributed by atoms with Crippen molar-refractivity contribution in [3.8, 4) is 0 Å². The summed E-state index contributed by atoms with van der Waals surface area (Å²) in [4.78, 5) is 16.1. The largest absolute Gasteiger partial charge is 0.402 e. The number of hydrogen-bond acceptors (Lipinski definition) is 2. The van der Waals surface area contributed by atoms with Crippen molar-refractivity contribution in [3.05, 3.63) is 89.5 Å². The van der Waals surface area contributed by atoms with Crippen LogP contribution in [0.25, 0.3) is 0 Å². The van der Waals surface area contributed by atoms with Crippen molar-refractivity contribution >= 4 is 16.3 Å². The van der Waals surface area contributed by atoms with Gasteiger partial charge in [-0.1, -0.05) is 88.6 Å². The SMILES string of the molecule is CCCc1cc(CCC)c(S(OC(C)=O)(c2ccccc2)c2ccccc2)c(CCC)c1. The molecule has 3 rings (SSSR count). The van der Waals surface area contributed by atoms with Crippen molar-refractivity contribution in [1.29, 1.82) is 0 Å². The Hall–Kier alpha value is -2.52. The molecule has 0 amide bonds. The zero-order valence-electron chi connectivity index (χ0n) is 19.9. The minimum atomic E-state index is -2.22. The first-order chi connectivity index (χ1) is 15.6. The van der Waals surface area contributed by atoms with Gasteiger partial charge in [-0.05, 0) is 70.5 Å². The van der Waals surface area contributed by atoms with Crippen molar-refractivity contribution in [2.24, 2.45) is 0 Å². The van der Waals surface area contributed by atoms with Gasteiger partial charge in [0.05, 0.1) is 0 Å². The maximum Gasteiger partial charge on any atom is 0.313 e. The fourth-order valence-electron chi connectivity index (χ4n) is 4.45. The fourth-order valence-corrected chi connectivity index (χ4v) is 7.96. The Bertz CT molecular complexity index is 945. The Balaban J connectivity index is 2.47. The lowest BCUT2D eigenvalue weighted by molar-refractivity contribution is -0.131. The Morgan fingerprint density at radius 1 is 0.719 bits per heavy atom. The highest BCUT2D eigenvalue weighted by molar-refractivity contribution is 8.30. The van der Waals surface area contributed by atoms with Gasteiger partial charge in [0.15, 0.2) is 0 Å². The lowest BCUT2D eigenvalue weighted by atomic mass is 9.97. The minimum absolute atomic E-state index is 0.241. The van der Waals surface area contributed by atoms with E-state index in [0.717, 1.165) is 48.3 Å². The van der Waals surface area contributed by atoms with E-state index < -0.39 is 10.3 Å². The molecule has 170 valence electrons. The van der Waals surface area contributed by atoms with Crippen molar-refractivity contribution in [2.45, 2.75) is 80.9 Å². The molecule has 0 unspecified atom stereocenters. The number of carbonyl (C=O) groups is 1. The highest BCUT2D eigenvalue weighted by Crippen LogP contribution is 2.71. The van der Waals surface area contributed by atoms with E-state index in [0.29, 0.717) is 0 Å². The van der Waals surface area contributed by atoms with E-state index in [1.165, 1.54) is 28.5 Å². The van der Waals surface area contributed by atoms with Crippen LogP contribution in [0.2, 0.25) is 0 Å². The summed E-state index contributed by atoms with van der Waals surface area (Å²) in [7, 11) is -2.22. The Morgan fingerprint density at radius 2 is 1.16 bits per heavy atom. The van der Waals surface area contributed by atoms with Crippen LogP contribution in [0.1, 0.15) is 63.6 Å². The van der Waals surface area contributed by atoms with E-state index >= 15 is 0 Å². The van der Waals surface area contributed by atoms with E-state index in [2.05, 4.69) is 57.2 Å². The minimum Gasteiger partial charge on any atom is -0.402 e. The van der Waals surface area contributed by atoms with Crippen molar-refractivity contribution < 1.29 is 8.98 Å². The van der Waals surface area contributed by atoms with Crippen molar-refractivity contribution in [1.82, 2.24) is 0 Å². The number of carbonyl (C=O) groups excluding carboxylic acids is 1. The first-order valence-corrected chi connectivity index (χ1v) is 13.4. The summed E-state index contributed by atoms with van der Waals surface area (Å²) in [6.07, 6.45) is 6.23. The first kappa shape index (κ1) is 24.1. The number of benzene rings is 3. The second kappa shape index (κ2) is 11.4. The zero-order chi connectivity index (χ0) is 23.0. The van der Waals surface area contributed by atoms with Gasteiger partial charge >= 0.3 is 5.97 Å². The average Bonchev–Trinajstić information content (AvgIpc) is 2.79. The molecule has 0 N–H and O–H groups in total. The van der Waals surface area contributed by atoms with Crippen LogP contribution in [0.5, 0.6) is 0 Å². The molecule has 0 aliphatic rings. The van der Waals surface area contributed by atoms with Gasteiger partial charge in [0.25, 0.3) is 0 Å². The summed E-state index contributed by atoms with van der Waals surface area (Å²) in [5, 5.41) is 0. The van der Waals surface area contributed by atoms with Crippen molar-refractivity contribution in [2.75, 3.05) is 0 Å². The van der Waals surface area contributed by atoms with Gasteiger partial charge in [0.2, 0.25) is 0 Å². The lowest BCUT2D eigenvalue weighted by Crippen LogP contribution is -2.16. The number of aryl methyl sites for hydroxylation is 3. The van der Waals surface area contributed by atoms with E-state index in [1.807, 2.05) is 36.4 Å². The summed E-state index contributed by atoms with van der Waals surface area (Å²) in [6.45, 7) is 8.22. The summed E-state index contributed by atoms with van der Waals surface area (Å²) < 4.78 is 6.51. The van der Waals surface area contributed by atoms with Crippen molar-refractivity contribution in [3.63, 3.8) is 0 Å². The van der Waals surface area contributed by atoms with E-state index in [1.54, 1.807) is 0 Å². The molecular formula is C29H36O2S. The third-order valence-corrected chi connectivity index (χ3v) is 9.02. The van der Waals surface area contributed by atoms with Gasteiger partial charge in [0, 0.05) is 21.6 Å². The Labute approximate surface area is 195 Å². The second-order valence-electron chi connectivity index (χ2n) is 8.25. The van der Waals surface area contributed by atoms with Crippen LogP contribution >= 0.6 is 10.3 Å². The molecule has 0 heterocycles. The van der Waals surface area contributed by atoms with Gasteiger partial charge in [0.1, 0.15) is 0 Å². The van der Waals surface area contributed by atoms with Crippen LogP contribution in [-0.2, 0) is 28.2 Å². The lowest BCUT2D eigenvalue weighted by Gasteiger charge is -2.42. The molecule has 0 aliphatic heterocycles. The molecule has 3 heteroatoms. The van der Waals surface area contributed by atoms with Crippen LogP contribution in [0.15, 0.2) is 87.5 Å². The van der Waals surface area contributed by atoms with Crippen LogP contribution in [0.3, 0.4) is 0 Å². The molecule has 0 aromatic heterocycles. The molecule has 3 aromatic rings. The highest BCUT2D eigenvalue weighted by atomic mass is 32.3. The van der Waals surface area contributed by atoms with E-state index in [9.17, 15) is 4.79 Å². The Kier molecular flexibility index (Phi) is 8.58. The number of rotatable bonds is 10. The molecule has 0 spiro atoms. The van der Waals surface area contributed by atoms with Crippen LogP contribution in [0, 0.1) is 0 Å². The van der Waals surface area contributed by atoms with Gasteiger partial charge < -0.3 is 4.18 Å². The van der Waals surface area contributed by atoms with E-state index in [-0.39, 0.29) is 5.97 Å². The third-order valence-electron chi connectivity index (χ3n) is 5.56. The summed E-state index contributed by atoms with van der Waals surface area (Å²) >= 11 is 0. The predicted octanol–water partition coefficient (Wildman–Crippen LogP) is 8.30. The molecule has 0 bridgehead atoms. The standard InChI is InChI=1S/C29H36O2S/c1-5-14-24-21-25(15-6-2)29(26(22-24)16-7-3)32(31-23(4)30,27-17-10-8-11-18-27)28-19-12-9-13-20-28/h8-13,17-22H,5-7,14-16H2,1-4H3. The summed E-state index contributed by atoms with van der Waals surface area (Å²) in [5.74, 6) is -0.241. The van der Waals surface area contributed by atoms with Gasteiger partial charge in [-0.2, -0.15) is 0 Å². The smallest absolute Gasteiger partial charge is 0.313 e. The number of hydrogen-bond donors (Lipinski definition) is 0. The fraction of sp³-hybridized carbons (Fsp3) is 0.345. The second-order valence-corrected chi connectivity index (χ2v) is 10.9. The zero-order valence-corrected chi connectivity index (χ0v) is 20.7. The monoisotopic (exact) mass is 448 g/mol. The van der Waals surface area contributed by atoms with E-state index in [4.69, 9.17) is 4.18 Å². The predicted molar refractivity (Wildman–Crippen MR) is 135 cm³/mol. The van der Waals surface area contributed by atoms with Crippen LogP contribution in [-0.4, -0.2) is 5.97 Å². The molecule has 3 aromatic carbocycles. The molecule has 32 heavy (non-hydrogen) atoms. The van der Waals surface area contributed by atoms with Crippen LogP contribution < -0.4 is 0 Å². The quantitative estimate of drug-likeness (QED) is 0.312. The molecule has 0 saturated heterocycles. The maximum atomic E-state index is 12.7. The van der Waals surface area contributed by atoms with Gasteiger partial charge in [-0.25, -0.2) is 0 Å². The topological polar surface area (TPSA) is 26.3 Å². The molecule has 0 fully saturated rings. The molecule has 0 saturated carbocycles. The molecular weight excluding hydrogens is 412 g/mol.